The van der Waals surface area contributed by atoms with Gasteiger partial charge in [0.05, 0.1) is 16.5 Å². The van der Waals surface area contributed by atoms with Crippen LogP contribution in [0.15, 0.2) is 103 Å². The number of fused-ring (bicyclic) bond motifs is 5. The molecule has 0 bridgehead atoms. The van der Waals surface area contributed by atoms with Gasteiger partial charge < -0.3 is 29.5 Å². The molecule has 0 saturated heterocycles. The molecule has 53 heavy (non-hydrogen) atoms. The molecule has 0 aliphatic heterocycles. The monoisotopic (exact) mass is 721 g/mol. The van der Waals surface area contributed by atoms with E-state index in [2.05, 4.69) is 11.9 Å². The van der Waals surface area contributed by atoms with Crippen LogP contribution >= 0.6 is 0 Å². The normalized spacial score (nSPS) is 35.2. The Morgan fingerprint density at radius 1 is 0.868 bits per heavy atom. The fraction of sp³-hybridized carbons (Fsp3) is 0.442. The van der Waals surface area contributed by atoms with Gasteiger partial charge in [-0.05, 0) is 86.8 Å². The molecule has 0 amide bonds. The van der Waals surface area contributed by atoms with Crippen LogP contribution in [-0.4, -0.2) is 73.3 Å². The average Bonchev–Trinajstić information content (AvgIpc) is 3.40. The number of rotatable bonds is 8. The van der Waals surface area contributed by atoms with Crippen molar-refractivity contribution in [1.82, 2.24) is 4.98 Å². The maximum Gasteiger partial charge on any atom is 0.340 e. The summed E-state index contributed by atoms with van der Waals surface area (Å²) in [5, 5.41) is 38.8. The molecule has 0 unspecified atom stereocenters. The molecule has 278 valence electrons. The minimum absolute atomic E-state index is 0.0325. The van der Waals surface area contributed by atoms with Crippen molar-refractivity contribution in [3.8, 4) is 0 Å². The van der Waals surface area contributed by atoms with Crippen molar-refractivity contribution in [2.45, 2.75) is 101 Å². The second-order valence-electron chi connectivity index (χ2n) is 15.6. The van der Waals surface area contributed by atoms with Gasteiger partial charge in [0.2, 0.25) is 0 Å². The number of carbonyl (C=O) groups is 3. The standard InChI is InChI=1S/C43H47NO9/c1-28(51-38(47)31-15-10-24-44-27-31)41(48)22-23-43(50)40(41,3)35(53-36(45)17-16-29-11-6-4-7-12-29)26-34-39(2)20-19-33(25-32(39)18-21-42(34,43)49)52-37(46)30-13-8-5-9-14-30/h4-18,24,27-28,33-35,48-50H,19-23,25-26H2,1-3H3/b17-16+/t28-,33+,34-,35-,39+,40-,41-,42+,43-/m1/s1. The molecule has 3 saturated carbocycles. The quantitative estimate of drug-likeness (QED) is 0.109. The first-order chi connectivity index (χ1) is 25.2. The van der Waals surface area contributed by atoms with Crippen LogP contribution in [0.5, 0.6) is 0 Å². The molecule has 7 rings (SSSR count). The van der Waals surface area contributed by atoms with Gasteiger partial charge >= 0.3 is 17.9 Å². The van der Waals surface area contributed by atoms with Gasteiger partial charge in [0.1, 0.15) is 35.1 Å². The molecule has 4 aliphatic rings. The predicted molar refractivity (Wildman–Crippen MR) is 195 cm³/mol. The SMILES string of the molecule is C[C@@H](OC(=O)c1cccnc1)[C@]1(O)CC[C@@]2(O)[C@]1(C)[C@H](OC(=O)/C=C/c1ccccc1)C[C@@H]1[C@@]3(C)CC[C@H](OC(=O)c4ccccc4)CC3=CC[C@]12O. The van der Waals surface area contributed by atoms with Gasteiger partial charge in [-0.2, -0.15) is 0 Å². The molecule has 3 fully saturated rings. The zero-order valence-corrected chi connectivity index (χ0v) is 30.3. The van der Waals surface area contributed by atoms with Crippen molar-refractivity contribution in [2.75, 3.05) is 0 Å². The van der Waals surface area contributed by atoms with E-state index in [9.17, 15) is 29.7 Å². The predicted octanol–water partition coefficient (Wildman–Crippen LogP) is 6.01. The lowest BCUT2D eigenvalue weighted by molar-refractivity contribution is -0.326. The summed E-state index contributed by atoms with van der Waals surface area (Å²) < 4.78 is 18.1. The summed E-state index contributed by atoms with van der Waals surface area (Å²) in [6.07, 6.45) is 6.84. The zero-order valence-electron chi connectivity index (χ0n) is 30.3. The van der Waals surface area contributed by atoms with Crippen molar-refractivity contribution in [1.29, 1.82) is 0 Å². The summed E-state index contributed by atoms with van der Waals surface area (Å²) in [6, 6.07) is 21.3. The van der Waals surface area contributed by atoms with Crippen LogP contribution in [0, 0.1) is 16.7 Å². The molecule has 3 N–H and O–H groups in total. The summed E-state index contributed by atoms with van der Waals surface area (Å²) in [6.45, 7) is 5.26. The Morgan fingerprint density at radius 2 is 1.57 bits per heavy atom. The third kappa shape index (κ3) is 5.91. The molecule has 2 aromatic carbocycles. The first kappa shape index (κ1) is 36.7. The first-order valence-electron chi connectivity index (χ1n) is 18.4. The van der Waals surface area contributed by atoms with Crippen molar-refractivity contribution in [3.05, 3.63) is 120 Å². The van der Waals surface area contributed by atoms with Crippen molar-refractivity contribution < 1.29 is 43.9 Å². The smallest absolute Gasteiger partial charge is 0.340 e. The highest BCUT2D eigenvalue weighted by atomic mass is 16.6. The largest absolute Gasteiger partial charge is 0.458 e. The Kier molecular flexibility index (Phi) is 9.45. The van der Waals surface area contributed by atoms with E-state index in [-0.39, 0.29) is 37.4 Å². The topological polar surface area (TPSA) is 152 Å². The summed E-state index contributed by atoms with van der Waals surface area (Å²) in [5.41, 5.74) is -5.49. The second-order valence-corrected chi connectivity index (χ2v) is 15.6. The molecule has 0 radical (unpaired) electrons. The third-order valence-electron chi connectivity index (χ3n) is 13.2. The van der Waals surface area contributed by atoms with Gasteiger partial charge in [-0.1, -0.05) is 74.0 Å². The summed E-state index contributed by atoms with van der Waals surface area (Å²) in [5.74, 6) is -2.36. The summed E-state index contributed by atoms with van der Waals surface area (Å²) in [4.78, 5) is 43.8. The number of carbonyl (C=O) groups excluding carboxylic acids is 3. The molecule has 1 aromatic heterocycles. The molecular formula is C43H47NO9. The average molecular weight is 722 g/mol. The number of pyridine rings is 1. The van der Waals surface area contributed by atoms with Crippen molar-refractivity contribution in [2.24, 2.45) is 16.7 Å². The molecule has 10 nitrogen and oxygen atoms in total. The van der Waals surface area contributed by atoms with Crippen LogP contribution in [0.25, 0.3) is 6.08 Å². The molecule has 10 heteroatoms. The van der Waals surface area contributed by atoms with E-state index in [4.69, 9.17) is 14.2 Å². The van der Waals surface area contributed by atoms with E-state index >= 15 is 0 Å². The lowest BCUT2D eigenvalue weighted by Gasteiger charge is -2.67. The van der Waals surface area contributed by atoms with Crippen LogP contribution in [0.1, 0.15) is 92.0 Å². The number of esters is 3. The Morgan fingerprint density at radius 3 is 2.26 bits per heavy atom. The Balaban J connectivity index is 1.22. The molecule has 9 atom stereocenters. The maximum atomic E-state index is 13.6. The van der Waals surface area contributed by atoms with Crippen LogP contribution in [0.2, 0.25) is 0 Å². The van der Waals surface area contributed by atoms with Gasteiger partial charge in [0.25, 0.3) is 0 Å². The number of aromatic nitrogens is 1. The lowest BCUT2D eigenvalue weighted by atomic mass is 9.42. The molecular weight excluding hydrogens is 674 g/mol. The number of ether oxygens (including phenoxy) is 3. The second kappa shape index (κ2) is 13.6. The third-order valence-corrected chi connectivity index (χ3v) is 13.2. The van der Waals surface area contributed by atoms with Crippen LogP contribution in [-0.2, 0) is 19.0 Å². The number of hydrogen-bond acceptors (Lipinski definition) is 10. The molecule has 1 heterocycles. The van der Waals surface area contributed by atoms with Gasteiger partial charge in [-0.15, -0.1) is 0 Å². The van der Waals surface area contributed by atoms with Gasteiger partial charge in [0, 0.05) is 30.8 Å². The van der Waals surface area contributed by atoms with E-state index in [1.165, 1.54) is 18.5 Å². The van der Waals surface area contributed by atoms with Crippen LogP contribution in [0.3, 0.4) is 0 Å². The van der Waals surface area contributed by atoms with Crippen molar-refractivity contribution >= 4 is 24.0 Å². The van der Waals surface area contributed by atoms with E-state index in [0.717, 1.165) is 11.1 Å². The fourth-order valence-electron chi connectivity index (χ4n) is 10.1. The molecule has 0 spiro atoms. The first-order valence-corrected chi connectivity index (χ1v) is 18.4. The Bertz CT molecular complexity index is 1920. The number of hydrogen-bond donors (Lipinski definition) is 3. The number of benzene rings is 2. The van der Waals surface area contributed by atoms with Gasteiger partial charge in [-0.3, -0.25) is 4.98 Å². The number of aliphatic hydroxyl groups is 3. The Hall–Kier alpha value is -4.64. The van der Waals surface area contributed by atoms with Crippen LogP contribution in [0.4, 0.5) is 0 Å². The van der Waals surface area contributed by atoms with E-state index in [1.807, 2.05) is 42.5 Å². The highest BCUT2D eigenvalue weighted by molar-refractivity contribution is 5.90. The van der Waals surface area contributed by atoms with Gasteiger partial charge in [0.15, 0.2) is 0 Å². The van der Waals surface area contributed by atoms with E-state index in [0.29, 0.717) is 24.8 Å². The highest BCUT2D eigenvalue weighted by Crippen LogP contribution is 2.71. The maximum absolute atomic E-state index is 13.6. The zero-order chi connectivity index (χ0) is 37.6. The fourth-order valence-corrected chi connectivity index (χ4v) is 10.1. The summed E-state index contributed by atoms with van der Waals surface area (Å²) in [7, 11) is 0. The van der Waals surface area contributed by atoms with Gasteiger partial charge in [-0.25, -0.2) is 14.4 Å². The Labute approximate surface area is 309 Å². The van der Waals surface area contributed by atoms with Crippen molar-refractivity contribution in [3.63, 3.8) is 0 Å². The minimum Gasteiger partial charge on any atom is -0.458 e. The number of nitrogens with zero attached hydrogens (tertiary/aromatic N) is 1. The lowest BCUT2D eigenvalue weighted by Crippen LogP contribution is -2.78. The summed E-state index contributed by atoms with van der Waals surface area (Å²) >= 11 is 0. The molecule has 3 aromatic rings. The van der Waals surface area contributed by atoms with Crippen LogP contribution < -0.4 is 0 Å². The molecule has 4 aliphatic carbocycles. The van der Waals surface area contributed by atoms with E-state index < -0.39 is 63.7 Å². The van der Waals surface area contributed by atoms with E-state index in [1.54, 1.807) is 56.3 Å². The highest BCUT2D eigenvalue weighted by Gasteiger charge is 2.81. The minimum atomic E-state index is -1.97.